The van der Waals surface area contributed by atoms with Gasteiger partial charge >= 0.3 is 0 Å². The summed E-state index contributed by atoms with van der Waals surface area (Å²) in [6, 6.07) is 0.736. The van der Waals surface area contributed by atoms with Gasteiger partial charge in [0.1, 0.15) is 0 Å². The van der Waals surface area contributed by atoms with E-state index in [1.807, 2.05) is 0 Å². The molecule has 5 heteroatoms. The fraction of sp³-hybridized carbons (Fsp3) is 1.00. The molecule has 2 saturated heterocycles. The zero-order chi connectivity index (χ0) is 11.1. The van der Waals surface area contributed by atoms with E-state index in [4.69, 9.17) is 0 Å². The fourth-order valence-corrected chi connectivity index (χ4v) is 4.56. The maximum atomic E-state index is 3.71. The first kappa shape index (κ1) is 13.0. The van der Waals surface area contributed by atoms with Crippen molar-refractivity contribution in [1.82, 2.24) is 15.5 Å². The minimum atomic E-state index is 0.736. The molecular formula is C11H23N3S2. The second-order valence-corrected chi connectivity index (χ2v) is 6.69. The third-order valence-corrected chi connectivity index (χ3v) is 5.60. The number of nitrogens with one attached hydrogen (secondary N) is 2. The lowest BCUT2D eigenvalue weighted by atomic mass is 10.3. The molecule has 0 spiro atoms. The van der Waals surface area contributed by atoms with Gasteiger partial charge in [-0.1, -0.05) is 0 Å². The number of thioether (sulfide) groups is 2. The van der Waals surface area contributed by atoms with Gasteiger partial charge in [0, 0.05) is 68.3 Å². The SMILES string of the molecule is C1CN(CCNC2CSCCSC2)CCN1. The largest absolute Gasteiger partial charge is 0.314 e. The lowest BCUT2D eigenvalue weighted by molar-refractivity contribution is 0.239. The molecule has 0 amide bonds. The van der Waals surface area contributed by atoms with Crippen molar-refractivity contribution < 1.29 is 0 Å². The highest BCUT2D eigenvalue weighted by atomic mass is 32.2. The molecule has 0 aromatic heterocycles. The van der Waals surface area contributed by atoms with Crippen LogP contribution in [0.4, 0.5) is 0 Å². The van der Waals surface area contributed by atoms with Gasteiger partial charge in [-0.15, -0.1) is 0 Å². The van der Waals surface area contributed by atoms with Gasteiger partial charge in [-0.05, 0) is 0 Å². The molecule has 94 valence electrons. The van der Waals surface area contributed by atoms with Crippen molar-refractivity contribution in [3.63, 3.8) is 0 Å². The molecule has 2 aliphatic heterocycles. The molecule has 0 aliphatic carbocycles. The monoisotopic (exact) mass is 261 g/mol. The van der Waals surface area contributed by atoms with Gasteiger partial charge < -0.3 is 10.6 Å². The van der Waals surface area contributed by atoms with Gasteiger partial charge in [-0.25, -0.2) is 0 Å². The van der Waals surface area contributed by atoms with Gasteiger partial charge in [-0.3, -0.25) is 4.90 Å². The Morgan fingerprint density at radius 2 is 1.81 bits per heavy atom. The first-order valence-electron chi connectivity index (χ1n) is 6.27. The summed E-state index contributed by atoms with van der Waals surface area (Å²) < 4.78 is 0. The van der Waals surface area contributed by atoms with Crippen molar-refractivity contribution in [2.75, 3.05) is 62.3 Å². The summed E-state index contributed by atoms with van der Waals surface area (Å²) in [5.74, 6) is 5.27. The Balaban J connectivity index is 1.55. The summed E-state index contributed by atoms with van der Waals surface area (Å²) in [5.41, 5.74) is 0. The number of hydrogen-bond acceptors (Lipinski definition) is 5. The van der Waals surface area contributed by atoms with E-state index in [-0.39, 0.29) is 0 Å². The fourth-order valence-electron chi connectivity index (χ4n) is 2.10. The molecule has 2 aliphatic rings. The predicted octanol–water partition coefficient (Wildman–Crippen LogP) is 0.330. The molecule has 2 fully saturated rings. The summed E-state index contributed by atoms with van der Waals surface area (Å²) in [7, 11) is 0. The summed E-state index contributed by atoms with van der Waals surface area (Å²) in [6.07, 6.45) is 0. The minimum Gasteiger partial charge on any atom is -0.314 e. The van der Waals surface area contributed by atoms with E-state index in [2.05, 4.69) is 39.1 Å². The van der Waals surface area contributed by atoms with E-state index in [1.54, 1.807) is 0 Å². The zero-order valence-corrected chi connectivity index (χ0v) is 11.5. The normalized spacial score (nSPS) is 25.5. The Kier molecular flexibility index (Phi) is 6.36. The molecule has 0 bridgehead atoms. The topological polar surface area (TPSA) is 27.3 Å². The maximum absolute atomic E-state index is 3.71. The van der Waals surface area contributed by atoms with Gasteiger partial charge in [0.2, 0.25) is 0 Å². The van der Waals surface area contributed by atoms with Crippen LogP contribution in [0.3, 0.4) is 0 Å². The van der Waals surface area contributed by atoms with Crippen LogP contribution in [-0.4, -0.2) is 73.2 Å². The third kappa shape index (κ3) is 4.84. The van der Waals surface area contributed by atoms with E-state index in [1.165, 1.54) is 42.6 Å². The van der Waals surface area contributed by atoms with Crippen molar-refractivity contribution in [2.45, 2.75) is 6.04 Å². The van der Waals surface area contributed by atoms with Gasteiger partial charge in [0.15, 0.2) is 0 Å². The quantitative estimate of drug-likeness (QED) is 0.761. The maximum Gasteiger partial charge on any atom is 0.0249 e. The lowest BCUT2D eigenvalue weighted by Crippen LogP contribution is -2.47. The molecule has 0 aromatic carbocycles. The highest BCUT2D eigenvalue weighted by Gasteiger charge is 2.13. The van der Waals surface area contributed by atoms with Crippen LogP contribution < -0.4 is 10.6 Å². The first-order chi connectivity index (χ1) is 7.95. The smallest absolute Gasteiger partial charge is 0.0249 e. The van der Waals surface area contributed by atoms with Crippen LogP contribution in [0.5, 0.6) is 0 Å². The number of piperazine rings is 1. The Bertz CT molecular complexity index is 178. The van der Waals surface area contributed by atoms with Gasteiger partial charge in [0.25, 0.3) is 0 Å². The minimum absolute atomic E-state index is 0.736. The molecule has 0 aromatic rings. The average Bonchev–Trinajstić information content (AvgIpc) is 2.59. The molecule has 3 nitrogen and oxygen atoms in total. The van der Waals surface area contributed by atoms with Crippen LogP contribution in [0, 0.1) is 0 Å². The van der Waals surface area contributed by atoms with Gasteiger partial charge in [-0.2, -0.15) is 23.5 Å². The average molecular weight is 261 g/mol. The van der Waals surface area contributed by atoms with Crippen molar-refractivity contribution >= 4 is 23.5 Å². The van der Waals surface area contributed by atoms with Crippen LogP contribution in [-0.2, 0) is 0 Å². The summed E-state index contributed by atoms with van der Waals surface area (Å²) in [5, 5.41) is 7.10. The molecule has 2 rings (SSSR count). The lowest BCUT2D eigenvalue weighted by Gasteiger charge is -2.28. The van der Waals surface area contributed by atoms with E-state index in [0.29, 0.717) is 0 Å². The molecule has 0 radical (unpaired) electrons. The second-order valence-electron chi connectivity index (χ2n) is 4.39. The highest BCUT2D eigenvalue weighted by Crippen LogP contribution is 2.16. The summed E-state index contributed by atoms with van der Waals surface area (Å²) in [4.78, 5) is 2.56. The number of rotatable bonds is 4. The Hall–Kier alpha value is 0.580. The molecule has 0 saturated carbocycles. The van der Waals surface area contributed by atoms with Crippen molar-refractivity contribution in [1.29, 1.82) is 0 Å². The van der Waals surface area contributed by atoms with Crippen molar-refractivity contribution in [3.8, 4) is 0 Å². The molecule has 2 N–H and O–H groups in total. The molecule has 2 heterocycles. The predicted molar refractivity (Wildman–Crippen MR) is 75.8 cm³/mol. The molecular weight excluding hydrogens is 238 g/mol. The number of nitrogens with zero attached hydrogens (tertiary/aromatic N) is 1. The van der Waals surface area contributed by atoms with Crippen LogP contribution >= 0.6 is 23.5 Å². The summed E-state index contributed by atoms with van der Waals surface area (Å²) >= 11 is 4.21. The standard InChI is InChI=1S/C11H23N3S2/c1-4-14(5-2-12-1)6-3-13-11-9-15-7-8-16-10-11/h11-13H,1-10H2. The molecule has 0 atom stereocenters. The van der Waals surface area contributed by atoms with Crippen molar-refractivity contribution in [2.24, 2.45) is 0 Å². The van der Waals surface area contributed by atoms with Crippen LogP contribution in [0.25, 0.3) is 0 Å². The Morgan fingerprint density at radius 3 is 2.50 bits per heavy atom. The van der Waals surface area contributed by atoms with E-state index >= 15 is 0 Å². The zero-order valence-electron chi connectivity index (χ0n) is 9.91. The van der Waals surface area contributed by atoms with Gasteiger partial charge in [0.05, 0.1) is 0 Å². The van der Waals surface area contributed by atoms with E-state index in [9.17, 15) is 0 Å². The van der Waals surface area contributed by atoms with E-state index in [0.717, 1.165) is 25.7 Å². The highest BCUT2D eigenvalue weighted by molar-refractivity contribution is 8.03. The third-order valence-electron chi connectivity index (χ3n) is 3.08. The Labute approximate surface area is 107 Å². The number of hydrogen-bond donors (Lipinski definition) is 2. The molecule has 16 heavy (non-hydrogen) atoms. The molecule has 0 unspecified atom stereocenters. The summed E-state index contributed by atoms with van der Waals surface area (Å²) in [6.45, 7) is 7.13. The Morgan fingerprint density at radius 1 is 1.12 bits per heavy atom. The van der Waals surface area contributed by atoms with Crippen molar-refractivity contribution in [3.05, 3.63) is 0 Å². The van der Waals surface area contributed by atoms with Crippen LogP contribution in [0.15, 0.2) is 0 Å². The van der Waals surface area contributed by atoms with E-state index < -0.39 is 0 Å². The van der Waals surface area contributed by atoms with Crippen LogP contribution in [0.2, 0.25) is 0 Å². The van der Waals surface area contributed by atoms with Crippen LogP contribution in [0.1, 0.15) is 0 Å². The second kappa shape index (κ2) is 7.82. The first-order valence-corrected chi connectivity index (χ1v) is 8.58.